The molecule has 1 aliphatic rings. The fourth-order valence-corrected chi connectivity index (χ4v) is 4.75. The largest absolute Gasteiger partial charge is 0.330 e. The summed E-state index contributed by atoms with van der Waals surface area (Å²) >= 11 is 0. The van der Waals surface area contributed by atoms with Crippen molar-refractivity contribution in [1.29, 1.82) is 0 Å². The van der Waals surface area contributed by atoms with Crippen LogP contribution >= 0.6 is 0 Å². The average molecular weight is 271 g/mol. The van der Waals surface area contributed by atoms with Gasteiger partial charge >= 0.3 is 0 Å². The van der Waals surface area contributed by atoms with E-state index >= 15 is 0 Å². The fraction of sp³-hybridized carbons (Fsp3) is 0.538. The Hall–Kier alpha value is -0.940. The van der Waals surface area contributed by atoms with Crippen molar-refractivity contribution in [2.45, 2.75) is 35.8 Å². The minimum atomic E-state index is -3.39. The standard InChI is InChI=1S/C13H18FNO2S/c14-11-5-7-12(8-6-11)18(16,17)13-4-2-1-3-10(13)9-15/h5-8,10,13H,1-4,9,15H2. The molecule has 5 heteroatoms. The molecule has 1 fully saturated rings. The van der Waals surface area contributed by atoms with Gasteiger partial charge in [0.2, 0.25) is 0 Å². The molecular weight excluding hydrogens is 253 g/mol. The zero-order valence-electron chi connectivity index (χ0n) is 10.2. The Morgan fingerprint density at radius 3 is 2.39 bits per heavy atom. The molecule has 3 nitrogen and oxygen atoms in total. The van der Waals surface area contributed by atoms with Crippen LogP contribution in [0.15, 0.2) is 29.2 Å². The van der Waals surface area contributed by atoms with E-state index in [0.717, 1.165) is 19.3 Å². The summed E-state index contributed by atoms with van der Waals surface area (Å²) < 4.78 is 37.8. The first-order valence-electron chi connectivity index (χ1n) is 6.25. The first-order valence-corrected chi connectivity index (χ1v) is 7.80. The number of rotatable bonds is 3. The maximum Gasteiger partial charge on any atom is 0.181 e. The van der Waals surface area contributed by atoms with Crippen molar-refractivity contribution in [3.8, 4) is 0 Å². The monoisotopic (exact) mass is 271 g/mol. The quantitative estimate of drug-likeness (QED) is 0.857. The molecule has 0 amide bonds. The second-order valence-electron chi connectivity index (χ2n) is 4.82. The van der Waals surface area contributed by atoms with E-state index in [1.54, 1.807) is 0 Å². The second-order valence-corrected chi connectivity index (χ2v) is 6.98. The van der Waals surface area contributed by atoms with Crippen molar-refractivity contribution >= 4 is 9.84 Å². The van der Waals surface area contributed by atoms with E-state index in [-0.39, 0.29) is 10.8 Å². The number of sulfone groups is 1. The van der Waals surface area contributed by atoms with Crippen LogP contribution in [-0.4, -0.2) is 20.2 Å². The van der Waals surface area contributed by atoms with Crippen molar-refractivity contribution in [1.82, 2.24) is 0 Å². The molecule has 2 rings (SSSR count). The smallest absolute Gasteiger partial charge is 0.181 e. The van der Waals surface area contributed by atoms with Crippen molar-refractivity contribution in [3.05, 3.63) is 30.1 Å². The van der Waals surface area contributed by atoms with Gasteiger partial charge in [0.15, 0.2) is 9.84 Å². The molecule has 2 N–H and O–H groups in total. The van der Waals surface area contributed by atoms with Crippen LogP contribution in [0, 0.1) is 11.7 Å². The lowest BCUT2D eigenvalue weighted by Gasteiger charge is -2.30. The zero-order chi connectivity index (χ0) is 13.2. The zero-order valence-corrected chi connectivity index (χ0v) is 11.0. The Labute approximate surface area is 107 Å². The molecule has 100 valence electrons. The lowest BCUT2D eigenvalue weighted by atomic mass is 9.89. The second kappa shape index (κ2) is 5.36. The molecule has 18 heavy (non-hydrogen) atoms. The maximum absolute atomic E-state index is 12.8. The minimum Gasteiger partial charge on any atom is -0.330 e. The van der Waals surface area contributed by atoms with Gasteiger partial charge in [-0.15, -0.1) is 0 Å². The molecule has 0 bridgehead atoms. The molecule has 0 heterocycles. The Kier molecular flexibility index (Phi) is 4.02. The van der Waals surface area contributed by atoms with Crippen molar-refractivity contribution in [3.63, 3.8) is 0 Å². The summed E-state index contributed by atoms with van der Waals surface area (Å²) in [7, 11) is -3.39. The number of halogens is 1. The van der Waals surface area contributed by atoms with Gasteiger partial charge in [0.05, 0.1) is 10.1 Å². The third-order valence-corrected chi connectivity index (χ3v) is 6.03. The molecule has 1 aliphatic carbocycles. The predicted molar refractivity (Wildman–Crippen MR) is 68.4 cm³/mol. The predicted octanol–water partition coefficient (Wildman–Crippen LogP) is 2.12. The molecule has 1 saturated carbocycles. The van der Waals surface area contributed by atoms with E-state index in [0.29, 0.717) is 13.0 Å². The van der Waals surface area contributed by atoms with Crippen LogP contribution in [0.4, 0.5) is 4.39 Å². The van der Waals surface area contributed by atoms with Gasteiger partial charge in [-0.25, -0.2) is 12.8 Å². The lowest BCUT2D eigenvalue weighted by Crippen LogP contribution is -2.37. The molecule has 0 saturated heterocycles. The highest BCUT2D eigenvalue weighted by molar-refractivity contribution is 7.92. The summed E-state index contributed by atoms with van der Waals surface area (Å²) in [6.07, 6.45) is 3.47. The van der Waals surface area contributed by atoms with E-state index in [1.807, 2.05) is 0 Å². The van der Waals surface area contributed by atoms with Gasteiger partial charge in [-0.05, 0) is 49.6 Å². The van der Waals surface area contributed by atoms with Gasteiger partial charge in [0, 0.05) is 0 Å². The topological polar surface area (TPSA) is 60.2 Å². The Morgan fingerprint density at radius 1 is 1.17 bits per heavy atom. The molecule has 1 aromatic rings. The normalized spacial score (nSPS) is 25.0. The van der Waals surface area contributed by atoms with E-state index in [9.17, 15) is 12.8 Å². The number of hydrogen-bond acceptors (Lipinski definition) is 3. The molecule has 0 aliphatic heterocycles. The SMILES string of the molecule is NCC1CCCCC1S(=O)(=O)c1ccc(F)cc1. The summed E-state index contributed by atoms with van der Waals surface area (Å²) in [5.74, 6) is -0.401. The molecule has 2 unspecified atom stereocenters. The summed E-state index contributed by atoms with van der Waals surface area (Å²) in [6.45, 7) is 0.394. The number of hydrogen-bond donors (Lipinski definition) is 1. The number of nitrogens with two attached hydrogens (primary N) is 1. The first kappa shape index (κ1) is 13.5. The van der Waals surface area contributed by atoms with E-state index in [4.69, 9.17) is 5.73 Å². The van der Waals surface area contributed by atoms with Gasteiger partial charge < -0.3 is 5.73 Å². The van der Waals surface area contributed by atoms with Crippen LogP contribution in [0.2, 0.25) is 0 Å². The maximum atomic E-state index is 12.8. The average Bonchev–Trinajstić information content (AvgIpc) is 2.39. The molecule has 0 aromatic heterocycles. The van der Waals surface area contributed by atoms with E-state index in [1.165, 1.54) is 24.3 Å². The third-order valence-electron chi connectivity index (χ3n) is 3.68. The van der Waals surface area contributed by atoms with E-state index in [2.05, 4.69) is 0 Å². The van der Waals surface area contributed by atoms with Crippen molar-refractivity contribution in [2.24, 2.45) is 11.7 Å². The highest BCUT2D eigenvalue weighted by Crippen LogP contribution is 2.32. The van der Waals surface area contributed by atoms with Crippen LogP contribution in [0.3, 0.4) is 0 Å². The molecule has 2 atom stereocenters. The van der Waals surface area contributed by atoms with Gasteiger partial charge in [-0.1, -0.05) is 12.8 Å². The van der Waals surface area contributed by atoms with Crippen LogP contribution in [0.1, 0.15) is 25.7 Å². The van der Waals surface area contributed by atoms with Crippen molar-refractivity contribution in [2.75, 3.05) is 6.54 Å². The highest BCUT2D eigenvalue weighted by Gasteiger charge is 2.35. The van der Waals surface area contributed by atoms with Gasteiger partial charge in [-0.2, -0.15) is 0 Å². The summed E-state index contributed by atoms with van der Waals surface area (Å²) in [4.78, 5) is 0.203. The van der Waals surface area contributed by atoms with E-state index < -0.39 is 20.9 Å². The van der Waals surface area contributed by atoms with Crippen LogP contribution in [-0.2, 0) is 9.84 Å². The summed E-state index contributed by atoms with van der Waals surface area (Å²) in [5, 5.41) is -0.415. The third kappa shape index (κ3) is 2.57. The highest BCUT2D eigenvalue weighted by atomic mass is 32.2. The van der Waals surface area contributed by atoms with Gasteiger partial charge in [0.25, 0.3) is 0 Å². The Bertz CT molecular complexity index is 498. The summed E-state index contributed by atoms with van der Waals surface area (Å²) in [5.41, 5.74) is 5.67. The Balaban J connectivity index is 2.32. The van der Waals surface area contributed by atoms with Crippen LogP contribution in [0.25, 0.3) is 0 Å². The molecule has 0 spiro atoms. The Morgan fingerprint density at radius 2 is 1.78 bits per heavy atom. The van der Waals surface area contributed by atoms with Gasteiger partial charge in [0.1, 0.15) is 5.82 Å². The lowest BCUT2D eigenvalue weighted by molar-refractivity contribution is 0.363. The fourth-order valence-electron chi connectivity index (χ4n) is 2.65. The van der Waals surface area contributed by atoms with Crippen LogP contribution in [0.5, 0.6) is 0 Å². The van der Waals surface area contributed by atoms with Crippen LogP contribution < -0.4 is 5.73 Å². The minimum absolute atomic E-state index is 0.0220. The summed E-state index contributed by atoms with van der Waals surface area (Å²) in [6, 6.07) is 5.06. The number of benzene rings is 1. The first-order chi connectivity index (χ1) is 8.55. The van der Waals surface area contributed by atoms with Crippen molar-refractivity contribution < 1.29 is 12.8 Å². The molecule has 0 radical (unpaired) electrons. The molecular formula is C13H18FNO2S. The van der Waals surface area contributed by atoms with Gasteiger partial charge in [-0.3, -0.25) is 0 Å². The molecule has 1 aromatic carbocycles.